The Kier molecular flexibility index (Phi) is 5.26. The molecule has 5 nitrogen and oxygen atoms in total. The number of carboxylic acid groups (broad SMARTS) is 1. The van der Waals surface area contributed by atoms with Crippen LogP contribution in [0.5, 0.6) is 0 Å². The highest BCUT2D eigenvalue weighted by molar-refractivity contribution is 5.75. The third kappa shape index (κ3) is 3.87. The maximum atomic E-state index is 12.4. The summed E-state index contributed by atoms with van der Waals surface area (Å²) in [5.41, 5.74) is 0. The minimum atomic E-state index is -0.779. The Bertz CT molecular complexity index is 355. The molecule has 0 aromatic heterocycles. The van der Waals surface area contributed by atoms with E-state index in [1.54, 1.807) is 0 Å². The summed E-state index contributed by atoms with van der Waals surface area (Å²) in [5.74, 6) is -0.153. The van der Waals surface area contributed by atoms with Crippen molar-refractivity contribution in [3.8, 4) is 0 Å². The highest BCUT2D eigenvalue weighted by atomic mass is 16.4. The van der Waals surface area contributed by atoms with Gasteiger partial charge < -0.3 is 15.3 Å². The predicted octanol–water partition coefficient (Wildman–Crippen LogP) is 2.60. The lowest BCUT2D eigenvalue weighted by atomic mass is 9.80. The number of aliphatic carboxylic acids is 1. The first kappa shape index (κ1) is 15.1. The highest BCUT2D eigenvalue weighted by Crippen LogP contribution is 2.29. The van der Waals surface area contributed by atoms with E-state index in [2.05, 4.69) is 12.2 Å². The Labute approximate surface area is 120 Å². The average molecular weight is 282 g/mol. The van der Waals surface area contributed by atoms with E-state index in [0.29, 0.717) is 12.3 Å². The summed E-state index contributed by atoms with van der Waals surface area (Å²) in [5, 5.41) is 11.9. The molecule has 2 N–H and O–H groups in total. The van der Waals surface area contributed by atoms with E-state index in [1.165, 1.54) is 19.3 Å². The third-order valence-corrected chi connectivity index (χ3v) is 4.79. The van der Waals surface area contributed by atoms with Crippen molar-refractivity contribution in [3.63, 3.8) is 0 Å². The van der Waals surface area contributed by atoms with Gasteiger partial charge >= 0.3 is 12.0 Å². The van der Waals surface area contributed by atoms with Gasteiger partial charge in [0.25, 0.3) is 0 Å². The number of piperidine rings is 1. The van der Waals surface area contributed by atoms with Crippen LogP contribution in [0.2, 0.25) is 0 Å². The van der Waals surface area contributed by atoms with Gasteiger partial charge in [-0.3, -0.25) is 4.79 Å². The Balaban J connectivity index is 1.85. The fourth-order valence-corrected chi connectivity index (χ4v) is 3.19. The van der Waals surface area contributed by atoms with Gasteiger partial charge in [0.1, 0.15) is 0 Å². The molecule has 0 bridgehead atoms. The van der Waals surface area contributed by atoms with Crippen molar-refractivity contribution in [3.05, 3.63) is 0 Å². The molecule has 20 heavy (non-hydrogen) atoms. The summed E-state index contributed by atoms with van der Waals surface area (Å²) >= 11 is 0. The fourth-order valence-electron chi connectivity index (χ4n) is 3.19. The molecule has 1 saturated heterocycles. The summed E-state index contributed by atoms with van der Waals surface area (Å²) in [6.07, 6.45) is 7.45. The van der Waals surface area contributed by atoms with E-state index in [4.69, 9.17) is 5.11 Å². The summed E-state index contributed by atoms with van der Waals surface area (Å²) < 4.78 is 0. The van der Waals surface area contributed by atoms with Gasteiger partial charge in [-0.25, -0.2) is 4.79 Å². The van der Waals surface area contributed by atoms with Crippen LogP contribution in [0.25, 0.3) is 0 Å². The number of hydrogen-bond acceptors (Lipinski definition) is 2. The molecule has 0 aromatic carbocycles. The van der Waals surface area contributed by atoms with Crippen molar-refractivity contribution < 1.29 is 14.7 Å². The van der Waals surface area contributed by atoms with Gasteiger partial charge in [0.15, 0.2) is 0 Å². The number of hydrogen-bond donors (Lipinski definition) is 2. The van der Waals surface area contributed by atoms with Crippen LogP contribution in [0.4, 0.5) is 4.79 Å². The smallest absolute Gasteiger partial charge is 0.317 e. The molecule has 2 unspecified atom stereocenters. The molecule has 0 spiro atoms. The molecule has 0 aromatic rings. The van der Waals surface area contributed by atoms with E-state index in [1.807, 2.05) is 4.90 Å². The number of carbonyl (C=O) groups is 2. The van der Waals surface area contributed by atoms with Gasteiger partial charge in [-0.2, -0.15) is 0 Å². The van der Waals surface area contributed by atoms with Gasteiger partial charge in [0.2, 0.25) is 0 Å². The Morgan fingerprint density at radius 3 is 2.60 bits per heavy atom. The lowest BCUT2D eigenvalue weighted by molar-refractivity contribution is -0.137. The van der Waals surface area contributed by atoms with Gasteiger partial charge in [-0.15, -0.1) is 0 Å². The van der Waals surface area contributed by atoms with Crippen LogP contribution < -0.4 is 5.32 Å². The number of likely N-dealkylation sites (tertiary alicyclic amines) is 1. The maximum Gasteiger partial charge on any atom is 0.317 e. The first-order valence-corrected chi connectivity index (χ1v) is 7.87. The molecule has 1 saturated carbocycles. The maximum absolute atomic E-state index is 12.4. The fraction of sp³-hybridized carbons (Fsp3) is 0.867. The molecular formula is C15H26N2O3. The van der Waals surface area contributed by atoms with Crippen molar-refractivity contribution in [1.82, 2.24) is 10.2 Å². The van der Waals surface area contributed by atoms with Crippen LogP contribution in [0, 0.1) is 5.92 Å². The average Bonchev–Trinajstić information content (AvgIpc) is 2.34. The largest absolute Gasteiger partial charge is 0.481 e. The number of nitrogens with zero attached hydrogens (tertiary/aromatic N) is 1. The number of carboxylic acids is 1. The van der Waals surface area contributed by atoms with Gasteiger partial charge in [-0.1, -0.05) is 6.42 Å². The quantitative estimate of drug-likeness (QED) is 0.814. The second-order valence-electron chi connectivity index (χ2n) is 6.20. The number of carbonyl (C=O) groups excluding carboxylic acids is 1. The summed E-state index contributed by atoms with van der Waals surface area (Å²) in [7, 11) is 0. The van der Waals surface area contributed by atoms with Crippen LogP contribution in [-0.4, -0.2) is 40.6 Å². The van der Waals surface area contributed by atoms with Crippen LogP contribution in [-0.2, 0) is 4.79 Å². The zero-order valence-electron chi connectivity index (χ0n) is 12.3. The second-order valence-corrected chi connectivity index (χ2v) is 6.20. The zero-order chi connectivity index (χ0) is 14.5. The molecule has 1 aliphatic carbocycles. The molecule has 2 fully saturated rings. The minimum absolute atomic E-state index is 0.000473. The number of urea groups is 1. The van der Waals surface area contributed by atoms with Crippen molar-refractivity contribution in [1.29, 1.82) is 0 Å². The molecule has 1 aliphatic heterocycles. The summed E-state index contributed by atoms with van der Waals surface area (Å²) in [6.45, 7) is 2.84. The molecule has 2 atom stereocenters. The number of nitrogens with one attached hydrogen (secondary N) is 1. The highest BCUT2D eigenvalue weighted by Gasteiger charge is 2.30. The normalized spacial score (nSPS) is 24.9. The molecule has 2 rings (SSSR count). The Morgan fingerprint density at radius 1 is 1.25 bits per heavy atom. The van der Waals surface area contributed by atoms with E-state index >= 15 is 0 Å². The lowest BCUT2D eigenvalue weighted by Gasteiger charge is -2.38. The number of rotatable bonds is 5. The van der Waals surface area contributed by atoms with Crippen molar-refractivity contribution >= 4 is 12.0 Å². The molecule has 2 aliphatic rings. The number of amides is 2. The van der Waals surface area contributed by atoms with Crippen LogP contribution in [0.3, 0.4) is 0 Å². The minimum Gasteiger partial charge on any atom is -0.481 e. The van der Waals surface area contributed by atoms with Crippen molar-refractivity contribution in [2.24, 2.45) is 5.92 Å². The SMILES string of the molecule is CC(NC(=O)N1CCCCC1CCC(=O)O)C1CCC1. The second kappa shape index (κ2) is 6.95. The summed E-state index contributed by atoms with van der Waals surface area (Å²) in [4.78, 5) is 25.0. The zero-order valence-corrected chi connectivity index (χ0v) is 12.3. The Hall–Kier alpha value is -1.26. The van der Waals surface area contributed by atoms with Crippen LogP contribution in [0.15, 0.2) is 0 Å². The van der Waals surface area contributed by atoms with E-state index < -0.39 is 5.97 Å². The molecular weight excluding hydrogens is 256 g/mol. The Morgan fingerprint density at radius 2 is 2.00 bits per heavy atom. The molecule has 5 heteroatoms. The first-order valence-electron chi connectivity index (χ1n) is 7.87. The standard InChI is InChI=1S/C15H26N2O3/c1-11(12-5-4-6-12)16-15(20)17-10-3-2-7-13(17)8-9-14(18)19/h11-13H,2-10H2,1H3,(H,16,20)(H,18,19). The van der Waals surface area contributed by atoms with E-state index in [0.717, 1.165) is 25.8 Å². The third-order valence-electron chi connectivity index (χ3n) is 4.79. The molecule has 114 valence electrons. The van der Waals surface area contributed by atoms with Crippen LogP contribution in [0.1, 0.15) is 58.3 Å². The van der Waals surface area contributed by atoms with Gasteiger partial charge in [0, 0.05) is 25.0 Å². The van der Waals surface area contributed by atoms with Crippen LogP contribution >= 0.6 is 0 Å². The van der Waals surface area contributed by atoms with E-state index in [-0.39, 0.29) is 24.5 Å². The summed E-state index contributed by atoms with van der Waals surface area (Å²) in [6, 6.07) is 0.325. The molecule has 1 heterocycles. The lowest BCUT2D eigenvalue weighted by Crippen LogP contribution is -2.52. The topological polar surface area (TPSA) is 69.6 Å². The molecule has 2 amide bonds. The monoisotopic (exact) mass is 282 g/mol. The predicted molar refractivity (Wildman–Crippen MR) is 76.5 cm³/mol. The molecule has 0 radical (unpaired) electrons. The first-order chi connectivity index (χ1) is 9.58. The van der Waals surface area contributed by atoms with Gasteiger partial charge in [-0.05, 0) is 51.4 Å². The van der Waals surface area contributed by atoms with E-state index in [9.17, 15) is 9.59 Å². The van der Waals surface area contributed by atoms with Crippen molar-refractivity contribution in [2.45, 2.75) is 70.4 Å². The van der Waals surface area contributed by atoms with Crippen molar-refractivity contribution in [2.75, 3.05) is 6.54 Å². The van der Waals surface area contributed by atoms with Gasteiger partial charge in [0.05, 0.1) is 0 Å².